The minimum atomic E-state index is -1.61. The van der Waals surface area contributed by atoms with Gasteiger partial charge in [0.15, 0.2) is 0 Å². The van der Waals surface area contributed by atoms with Crippen LogP contribution < -0.4 is 5.46 Å². The van der Waals surface area contributed by atoms with Crippen molar-refractivity contribution in [2.45, 2.75) is 39.3 Å². The Morgan fingerprint density at radius 1 is 1.37 bits per heavy atom. The lowest BCUT2D eigenvalue weighted by Gasteiger charge is -2.24. The summed E-state index contributed by atoms with van der Waals surface area (Å²) in [5.41, 5.74) is 0.819. The Balaban J connectivity index is 2.08. The second-order valence-electron chi connectivity index (χ2n) is 5.78. The van der Waals surface area contributed by atoms with Crippen LogP contribution in [0.4, 0.5) is 4.39 Å². The van der Waals surface area contributed by atoms with Crippen molar-refractivity contribution in [3.05, 3.63) is 29.6 Å². The molecule has 0 amide bonds. The van der Waals surface area contributed by atoms with Crippen LogP contribution in [0, 0.1) is 11.7 Å². The van der Waals surface area contributed by atoms with Crippen molar-refractivity contribution in [3.63, 3.8) is 0 Å². The van der Waals surface area contributed by atoms with E-state index < -0.39 is 7.12 Å². The molecule has 0 radical (unpaired) electrons. The van der Waals surface area contributed by atoms with Gasteiger partial charge in [0.1, 0.15) is 5.82 Å². The molecule has 5 heteroatoms. The van der Waals surface area contributed by atoms with Crippen LogP contribution in [0.25, 0.3) is 0 Å². The van der Waals surface area contributed by atoms with E-state index in [-0.39, 0.29) is 11.3 Å². The van der Waals surface area contributed by atoms with Gasteiger partial charge in [0.2, 0.25) is 0 Å². The number of halogens is 1. The summed E-state index contributed by atoms with van der Waals surface area (Å²) in [4.78, 5) is 2.32. The molecule has 104 valence electrons. The van der Waals surface area contributed by atoms with Gasteiger partial charge in [0.25, 0.3) is 0 Å². The quantitative estimate of drug-likeness (QED) is 0.758. The van der Waals surface area contributed by atoms with Crippen LogP contribution in [0.15, 0.2) is 18.2 Å². The van der Waals surface area contributed by atoms with Gasteiger partial charge in [0.05, 0.1) is 0 Å². The third kappa shape index (κ3) is 4.03. The van der Waals surface area contributed by atoms with Gasteiger partial charge in [-0.25, -0.2) is 4.39 Å². The third-order valence-electron chi connectivity index (χ3n) is 3.41. The molecular weight excluding hydrogens is 244 g/mol. The fourth-order valence-corrected chi connectivity index (χ4v) is 2.32. The van der Waals surface area contributed by atoms with Gasteiger partial charge >= 0.3 is 7.12 Å². The van der Waals surface area contributed by atoms with Crippen molar-refractivity contribution < 1.29 is 14.4 Å². The summed E-state index contributed by atoms with van der Waals surface area (Å²) >= 11 is 0. The summed E-state index contributed by atoms with van der Waals surface area (Å²) in [5.74, 6) is 0.196. The molecule has 0 unspecified atom stereocenters. The normalized spacial score (nSPS) is 15.3. The monoisotopic (exact) mass is 265 g/mol. The van der Waals surface area contributed by atoms with Gasteiger partial charge < -0.3 is 10.0 Å². The molecule has 0 saturated heterocycles. The maximum Gasteiger partial charge on any atom is 0.488 e. The number of hydrogen-bond donors (Lipinski definition) is 2. The second-order valence-corrected chi connectivity index (χ2v) is 5.78. The van der Waals surface area contributed by atoms with Gasteiger partial charge in [0, 0.05) is 24.7 Å². The van der Waals surface area contributed by atoms with Crippen LogP contribution in [-0.4, -0.2) is 34.7 Å². The Kier molecular flexibility index (Phi) is 4.60. The summed E-state index contributed by atoms with van der Waals surface area (Å²) in [5, 5.41) is 18.0. The molecule has 1 aliphatic carbocycles. The van der Waals surface area contributed by atoms with Crippen LogP contribution in [0.1, 0.15) is 32.3 Å². The maximum atomic E-state index is 13.9. The van der Waals surface area contributed by atoms with Gasteiger partial charge in [-0.05, 0) is 30.3 Å². The molecule has 0 spiro atoms. The van der Waals surface area contributed by atoms with Crippen molar-refractivity contribution in [3.8, 4) is 0 Å². The molecule has 1 aliphatic rings. The van der Waals surface area contributed by atoms with Crippen LogP contribution in [-0.2, 0) is 6.54 Å². The predicted octanol–water partition coefficient (Wildman–Crippen LogP) is 1.13. The number of nitrogens with zero attached hydrogens (tertiary/aromatic N) is 1. The molecule has 2 N–H and O–H groups in total. The lowest BCUT2D eigenvalue weighted by Crippen LogP contribution is -2.32. The highest BCUT2D eigenvalue weighted by molar-refractivity contribution is 6.58. The Bertz CT molecular complexity index is 435. The first-order valence-corrected chi connectivity index (χ1v) is 6.86. The lowest BCUT2D eigenvalue weighted by atomic mass is 9.80. The smallest absolute Gasteiger partial charge is 0.423 e. The predicted molar refractivity (Wildman–Crippen MR) is 74.5 cm³/mol. The minimum absolute atomic E-state index is 0.197. The van der Waals surface area contributed by atoms with E-state index in [0.717, 1.165) is 6.54 Å². The Labute approximate surface area is 114 Å². The minimum Gasteiger partial charge on any atom is -0.423 e. The molecule has 3 nitrogen and oxygen atoms in total. The molecule has 0 heterocycles. The first-order chi connectivity index (χ1) is 8.97. The molecule has 1 saturated carbocycles. The molecule has 0 atom stereocenters. The number of hydrogen-bond acceptors (Lipinski definition) is 3. The molecule has 1 aromatic rings. The molecule has 1 fully saturated rings. The molecular formula is C14H21BFNO2. The number of rotatable bonds is 6. The van der Waals surface area contributed by atoms with Crippen LogP contribution in [0.2, 0.25) is 0 Å². The van der Waals surface area contributed by atoms with E-state index in [1.54, 1.807) is 12.1 Å². The SMILES string of the molecule is CC(C)CN(Cc1ccc(B(O)O)cc1F)C1CC1. The third-order valence-corrected chi connectivity index (χ3v) is 3.41. The van der Waals surface area contributed by atoms with Gasteiger partial charge in [-0.3, -0.25) is 4.90 Å². The maximum absolute atomic E-state index is 13.9. The van der Waals surface area contributed by atoms with E-state index in [4.69, 9.17) is 10.0 Å². The Morgan fingerprint density at radius 3 is 2.53 bits per heavy atom. The standard InChI is InChI=1S/C14H21BFNO2/c1-10(2)8-17(13-5-6-13)9-11-3-4-12(15(18)19)7-14(11)16/h3-4,7,10,13,18-19H,5-6,8-9H2,1-2H3. The van der Waals surface area contributed by atoms with Gasteiger partial charge in [-0.1, -0.05) is 26.0 Å². The molecule has 1 aromatic carbocycles. The van der Waals surface area contributed by atoms with Crippen molar-refractivity contribution >= 4 is 12.6 Å². The zero-order valence-electron chi connectivity index (χ0n) is 11.5. The average molecular weight is 265 g/mol. The van der Waals surface area contributed by atoms with E-state index in [2.05, 4.69) is 18.7 Å². The fraction of sp³-hybridized carbons (Fsp3) is 0.571. The second kappa shape index (κ2) is 6.03. The van der Waals surface area contributed by atoms with E-state index >= 15 is 0 Å². The largest absolute Gasteiger partial charge is 0.488 e. The molecule has 19 heavy (non-hydrogen) atoms. The van der Waals surface area contributed by atoms with Crippen LogP contribution >= 0.6 is 0 Å². The van der Waals surface area contributed by atoms with Crippen molar-refractivity contribution in [1.82, 2.24) is 4.90 Å². The summed E-state index contributed by atoms with van der Waals surface area (Å²) in [6.45, 7) is 5.89. The fourth-order valence-electron chi connectivity index (χ4n) is 2.32. The molecule has 0 aromatic heterocycles. The highest BCUT2D eigenvalue weighted by Gasteiger charge is 2.29. The summed E-state index contributed by atoms with van der Waals surface area (Å²) in [6, 6.07) is 5.02. The Morgan fingerprint density at radius 2 is 2.05 bits per heavy atom. The van der Waals surface area contributed by atoms with Crippen molar-refractivity contribution in [1.29, 1.82) is 0 Å². The highest BCUT2D eigenvalue weighted by Crippen LogP contribution is 2.29. The lowest BCUT2D eigenvalue weighted by molar-refractivity contribution is 0.223. The highest BCUT2D eigenvalue weighted by atomic mass is 19.1. The first kappa shape index (κ1) is 14.5. The van der Waals surface area contributed by atoms with E-state index in [1.807, 2.05) is 0 Å². The molecule has 0 bridgehead atoms. The summed E-state index contributed by atoms with van der Waals surface area (Å²) < 4.78 is 13.9. The van der Waals surface area contributed by atoms with Crippen molar-refractivity contribution in [2.75, 3.05) is 6.54 Å². The van der Waals surface area contributed by atoms with Gasteiger partial charge in [-0.2, -0.15) is 0 Å². The summed E-state index contributed by atoms with van der Waals surface area (Å²) in [6.07, 6.45) is 2.39. The van der Waals surface area contributed by atoms with Crippen LogP contribution in [0.5, 0.6) is 0 Å². The summed E-state index contributed by atoms with van der Waals surface area (Å²) in [7, 11) is -1.61. The van der Waals surface area contributed by atoms with Gasteiger partial charge in [-0.15, -0.1) is 0 Å². The number of benzene rings is 1. The van der Waals surface area contributed by atoms with Crippen molar-refractivity contribution in [2.24, 2.45) is 5.92 Å². The molecule has 0 aliphatic heterocycles. The van der Waals surface area contributed by atoms with E-state index in [1.165, 1.54) is 18.9 Å². The van der Waals surface area contributed by atoms with E-state index in [9.17, 15) is 4.39 Å². The van der Waals surface area contributed by atoms with Crippen LogP contribution in [0.3, 0.4) is 0 Å². The Hall–Kier alpha value is -0.905. The molecule has 2 rings (SSSR count). The first-order valence-electron chi connectivity index (χ1n) is 6.86. The average Bonchev–Trinajstić information content (AvgIpc) is 3.13. The van der Waals surface area contributed by atoms with E-state index in [0.29, 0.717) is 24.1 Å². The topological polar surface area (TPSA) is 43.7 Å². The zero-order chi connectivity index (χ0) is 14.0. The zero-order valence-corrected chi connectivity index (χ0v) is 11.5.